The van der Waals surface area contributed by atoms with Gasteiger partial charge in [-0.05, 0) is 57.2 Å². The summed E-state index contributed by atoms with van der Waals surface area (Å²) in [6.07, 6.45) is 2.18. The van der Waals surface area contributed by atoms with Gasteiger partial charge in [0.25, 0.3) is 5.91 Å². The van der Waals surface area contributed by atoms with Gasteiger partial charge in [-0.2, -0.15) is 0 Å². The number of nitrogens with one attached hydrogen (secondary N) is 1. The summed E-state index contributed by atoms with van der Waals surface area (Å²) in [6, 6.07) is 14.5. The predicted octanol–water partition coefficient (Wildman–Crippen LogP) is 3.15. The number of piperidine rings is 1. The zero-order valence-corrected chi connectivity index (χ0v) is 16.9. The quantitative estimate of drug-likeness (QED) is 0.337. The Morgan fingerprint density at radius 2 is 1.96 bits per heavy atom. The van der Waals surface area contributed by atoms with Crippen molar-refractivity contribution >= 4 is 28.1 Å². The maximum atomic E-state index is 14.7. The summed E-state index contributed by atoms with van der Waals surface area (Å²) < 4.78 is 16.9. The molecule has 1 fully saturated rings. The van der Waals surface area contributed by atoms with E-state index >= 15 is 0 Å². The van der Waals surface area contributed by atoms with Crippen LogP contribution in [0.25, 0.3) is 0 Å². The molecule has 28 heavy (non-hydrogen) atoms. The van der Waals surface area contributed by atoms with Crippen molar-refractivity contribution in [2.45, 2.75) is 24.6 Å². The number of hydrogen-bond acceptors (Lipinski definition) is 4. The first-order valence-electron chi connectivity index (χ1n) is 9.33. The number of amides is 1. The van der Waals surface area contributed by atoms with Gasteiger partial charge in [0.1, 0.15) is 5.82 Å². The fraction of sp³-hybridized carbons (Fsp3) is 0.333. The number of nitrogens with two attached hydrogens (primary N) is 1. The van der Waals surface area contributed by atoms with Gasteiger partial charge in [0, 0.05) is 22.1 Å². The van der Waals surface area contributed by atoms with Gasteiger partial charge in [-0.25, -0.2) is 10.2 Å². The Hall–Kier alpha value is -2.22. The van der Waals surface area contributed by atoms with E-state index in [2.05, 4.69) is 22.1 Å². The van der Waals surface area contributed by atoms with Crippen molar-refractivity contribution in [2.75, 3.05) is 24.4 Å². The van der Waals surface area contributed by atoms with E-state index in [4.69, 9.17) is 5.84 Å². The second kappa shape index (κ2) is 9.32. The van der Waals surface area contributed by atoms with Gasteiger partial charge in [0.05, 0.1) is 6.54 Å². The molecule has 0 aliphatic carbocycles. The number of hydrogen-bond donors (Lipinski definition) is 2. The molecule has 5 nitrogen and oxygen atoms in total. The molecule has 0 aromatic heterocycles. The second-order valence-corrected chi connectivity index (χ2v) is 8.97. The highest BCUT2D eigenvalue weighted by Gasteiger charge is 2.24. The van der Waals surface area contributed by atoms with Gasteiger partial charge in [-0.15, -0.1) is 0 Å². The molecule has 1 aliphatic heterocycles. The Bertz CT molecular complexity index is 838. The van der Waals surface area contributed by atoms with Crippen molar-refractivity contribution in [3.63, 3.8) is 0 Å². The average molecular weight is 403 g/mol. The van der Waals surface area contributed by atoms with Crippen LogP contribution < -0.4 is 15.6 Å². The van der Waals surface area contributed by atoms with E-state index in [9.17, 15) is 9.18 Å². The van der Waals surface area contributed by atoms with Crippen molar-refractivity contribution in [1.29, 1.82) is 0 Å². The second-order valence-electron chi connectivity index (χ2n) is 7.06. The van der Waals surface area contributed by atoms with Gasteiger partial charge >= 0.3 is 0 Å². The van der Waals surface area contributed by atoms with Crippen LogP contribution in [0.5, 0.6) is 0 Å². The van der Waals surface area contributed by atoms with E-state index in [0.717, 1.165) is 31.6 Å². The highest BCUT2D eigenvalue weighted by molar-refractivity contribution is 8.15. The number of nitrogens with zero attached hydrogens (tertiary/aromatic N) is 2. The van der Waals surface area contributed by atoms with Crippen LogP contribution in [0.2, 0.25) is 0 Å². The smallest absolute Gasteiger partial charge is 0.265 e. The number of nitrogen functional groups attached to an aromatic ring is 1. The summed E-state index contributed by atoms with van der Waals surface area (Å²) >= 11 is 0. The molecule has 150 valence electrons. The fourth-order valence-electron chi connectivity index (χ4n) is 3.40. The summed E-state index contributed by atoms with van der Waals surface area (Å²) in [5.41, 5.74) is 3.80. The monoisotopic (exact) mass is 402 g/mol. The highest BCUT2D eigenvalue weighted by Crippen LogP contribution is 2.37. The molecular formula is C21H27FN4OS. The average Bonchev–Trinajstić information content (AvgIpc) is 2.73. The van der Waals surface area contributed by atoms with Gasteiger partial charge < -0.3 is 9.21 Å². The van der Waals surface area contributed by atoms with Crippen molar-refractivity contribution < 1.29 is 9.18 Å². The van der Waals surface area contributed by atoms with Crippen LogP contribution in [-0.4, -0.2) is 42.1 Å². The zero-order chi connectivity index (χ0) is 20.1. The van der Waals surface area contributed by atoms with Crippen molar-refractivity contribution in [2.24, 2.45) is 5.84 Å². The number of para-hydroxylation sites is 1. The molecule has 1 aliphatic rings. The Morgan fingerprint density at radius 1 is 1.29 bits per heavy atom. The molecule has 2 aromatic carbocycles. The number of anilines is 1. The molecule has 1 amide bonds. The van der Waals surface area contributed by atoms with Gasteiger partial charge in [0.2, 0.25) is 0 Å². The number of carbonyl (C=O) groups excluding carboxylic acids is 1. The lowest BCUT2D eigenvalue weighted by atomic mass is 10.1. The third kappa shape index (κ3) is 4.79. The first-order valence-corrected chi connectivity index (χ1v) is 10.7. The topological polar surface area (TPSA) is 61.6 Å². The molecule has 3 N–H and O–H groups in total. The Balaban J connectivity index is 1.86. The van der Waals surface area contributed by atoms with Crippen LogP contribution in [0.3, 0.4) is 0 Å². The predicted molar refractivity (Wildman–Crippen MR) is 116 cm³/mol. The number of rotatable bonds is 6. The molecule has 7 heteroatoms. The van der Waals surface area contributed by atoms with E-state index < -0.39 is 11.7 Å². The Labute approximate surface area is 168 Å². The molecule has 0 bridgehead atoms. The highest BCUT2D eigenvalue weighted by atomic mass is 32.2. The van der Waals surface area contributed by atoms with Crippen LogP contribution >= 0.6 is 10.7 Å². The molecule has 1 saturated heterocycles. The van der Waals surface area contributed by atoms with Crippen LogP contribution in [0.15, 0.2) is 48.5 Å². The number of halogens is 1. The minimum atomic E-state index is -0.506. The summed E-state index contributed by atoms with van der Waals surface area (Å²) in [4.78, 5) is 14.0. The van der Waals surface area contributed by atoms with Gasteiger partial charge in [0.15, 0.2) is 0 Å². The lowest BCUT2D eigenvalue weighted by molar-refractivity contribution is 0.0953. The molecule has 1 heterocycles. The summed E-state index contributed by atoms with van der Waals surface area (Å²) in [7, 11) is 1.85. The summed E-state index contributed by atoms with van der Waals surface area (Å²) in [6.45, 7) is 2.52. The SMILES string of the molecule is C=S(C1CCN(C)CC1)N(Cc1ccc(C(=O)NN)cc1F)c1ccccc1. The lowest BCUT2D eigenvalue weighted by Crippen LogP contribution is -2.34. The minimum Gasteiger partial charge on any atom is -0.318 e. The molecule has 0 spiro atoms. The molecule has 2 aromatic rings. The molecule has 1 atom stereocenters. The normalized spacial score (nSPS) is 16.5. The molecule has 3 rings (SSSR count). The number of likely N-dealkylation sites (tertiary alicyclic amines) is 1. The number of benzene rings is 2. The van der Waals surface area contributed by atoms with Crippen molar-refractivity contribution in [1.82, 2.24) is 10.3 Å². The molecule has 1 unspecified atom stereocenters. The van der Waals surface area contributed by atoms with E-state index in [-0.39, 0.29) is 16.2 Å². The molecule has 0 saturated carbocycles. The lowest BCUT2D eigenvalue weighted by Gasteiger charge is -2.37. The van der Waals surface area contributed by atoms with Crippen molar-refractivity contribution in [3.8, 4) is 0 Å². The van der Waals surface area contributed by atoms with Crippen LogP contribution in [0, 0.1) is 5.82 Å². The number of hydrazine groups is 1. The Kier molecular flexibility index (Phi) is 6.83. The molecule has 0 radical (unpaired) electrons. The zero-order valence-electron chi connectivity index (χ0n) is 16.1. The summed E-state index contributed by atoms with van der Waals surface area (Å²) in [5, 5.41) is 0.474. The van der Waals surface area contributed by atoms with E-state index in [0.29, 0.717) is 17.4 Å². The maximum Gasteiger partial charge on any atom is 0.265 e. The standard InChI is InChI=1S/C21H27FN4OS/c1-25-12-10-19(11-13-25)28(2)26(18-6-4-3-5-7-18)15-17-9-8-16(14-20(17)22)21(27)24-23/h3-9,14,19H,2,10-13,15,23H2,1H3,(H,24,27). The summed E-state index contributed by atoms with van der Waals surface area (Å²) in [5.74, 6) is 8.70. The van der Waals surface area contributed by atoms with Crippen molar-refractivity contribution in [3.05, 3.63) is 65.5 Å². The largest absolute Gasteiger partial charge is 0.318 e. The Morgan fingerprint density at radius 3 is 2.57 bits per heavy atom. The molecular weight excluding hydrogens is 375 g/mol. The van der Waals surface area contributed by atoms with E-state index in [1.165, 1.54) is 6.07 Å². The minimum absolute atomic E-state index is 0.207. The van der Waals surface area contributed by atoms with Crippen LogP contribution in [0.1, 0.15) is 28.8 Å². The first-order chi connectivity index (χ1) is 13.5. The number of carbonyl (C=O) groups is 1. The van der Waals surface area contributed by atoms with E-state index in [1.807, 2.05) is 35.8 Å². The maximum absolute atomic E-state index is 14.7. The van der Waals surface area contributed by atoms with Crippen LogP contribution in [-0.2, 0) is 6.54 Å². The fourth-order valence-corrected chi connectivity index (χ4v) is 5.21. The van der Waals surface area contributed by atoms with Gasteiger partial charge in [-0.1, -0.05) is 40.8 Å². The third-order valence-electron chi connectivity index (χ3n) is 5.14. The van der Waals surface area contributed by atoms with Crippen LogP contribution in [0.4, 0.5) is 10.1 Å². The van der Waals surface area contributed by atoms with E-state index in [1.54, 1.807) is 12.1 Å². The van der Waals surface area contributed by atoms with Gasteiger partial charge in [-0.3, -0.25) is 10.2 Å². The third-order valence-corrected chi connectivity index (χ3v) is 7.28. The first kappa shape index (κ1) is 20.5.